The Bertz CT molecular complexity index is 462. The maximum absolute atomic E-state index is 12.0. The summed E-state index contributed by atoms with van der Waals surface area (Å²) < 4.78 is 6.01. The second-order valence-corrected chi connectivity index (χ2v) is 5.48. The van der Waals surface area contributed by atoms with Gasteiger partial charge in [0, 0.05) is 13.1 Å². The van der Waals surface area contributed by atoms with Crippen molar-refractivity contribution in [3.63, 3.8) is 0 Å². The van der Waals surface area contributed by atoms with E-state index in [1.807, 2.05) is 20.9 Å². The molecule has 0 saturated carbocycles. The van der Waals surface area contributed by atoms with Gasteiger partial charge in [-0.2, -0.15) is 0 Å². The van der Waals surface area contributed by atoms with Gasteiger partial charge in [-0.3, -0.25) is 4.79 Å². The van der Waals surface area contributed by atoms with Crippen LogP contribution in [0.2, 0.25) is 0 Å². The van der Waals surface area contributed by atoms with Crippen LogP contribution in [0.5, 0.6) is 5.75 Å². The molecule has 0 radical (unpaired) electrons. The Kier molecular flexibility index (Phi) is 5.01. The van der Waals surface area contributed by atoms with E-state index >= 15 is 0 Å². The van der Waals surface area contributed by atoms with E-state index in [4.69, 9.17) is 4.74 Å². The molecule has 0 bridgehead atoms. The molecule has 1 heterocycles. The molecule has 4 nitrogen and oxygen atoms in total. The van der Waals surface area contributed by atoms with Crippen molar-refractivity contribution in [2.24, 2.45) is 0 Å². The first-order chi connectivity index (χ1) is 9.61. The Labute approximate surface area is 120 Å². The number of carbonyl (C=O) groups is 1. The van der Waals surface area contributed by atoms with Crippen LogP contribution in [0.3, 0.4) is 0 Å². The van der Waals surface area contributed by atoms with Gasteiger partial charge >= 0.3 is 0 Å². The molecule has 1 fully saturated rings. The maximum atomic E-state index is 12.0. The summed E-state index contributed by atoms with van der Waals surface area (Å²) in [6.45, 7) is 5.68. The molecule has 1 atom stereocenters. The zero-order valence-electron chi connectivity index (χ0n) is 12.6. The minimum absolute atomic E-state index is 0.0144. The number of amides is 1. The molecule has 1 saturated heterocycles. The molecular formula is C16H24N2O2. The third-order valence-electron chi connectivity index (χ3n) is 3.65. The summed E-state index contributed by atoms with van der Waals surface area (Å²) in [5.74, 6) is 0.868. The van der Waals surface area contributed by atoms with Gasteiger partial charge < -0.3 is 15.4 Å². The number of ether oxygens (including phenoxy) is 1. The summed E-state index contributed by atoms with van der Waals surface area (Å²) in [4.78, 5) is 12.0. The summed E-state index contributed by atoms with van der Waals surface area (Å²) in [5.41, 5.74) is 3.42. The largest absolute Gasteiger partial charge is 0.480 e. The number of carbonyl (C=O) groups excluding carboxylic acids is 1. The van der Waals surface area contributed by atoms with Crippen molar-refractivity contribution in [1.82, 2.24) is 10.6 Å². The van der Waals surface area contributed by atoms with E-state index in [2.05, 4.69) is 22.8 Å². The smallest absolute Gasteiger partial charge is 0.261 e. The van der Waals surface area contributed by atoms with Crippen LogP contribution in [0.15, 0.2) is 12.1 Å². The van der Waals surface area contributed by atoms with Gasteiger partial charge in [-0.15, -0.1) is 0 Å². The SMILES string of the molecule is CNCc1cc(C)c(OC2CCCCNC2=O)c(C)c1. The average molecular weight is 276 g/mol. The van der Waals surface area contributed by atoms with Crippen LogP contribution in [-0.2, 0) is 11.3 Å². The lowest BCUT2D eigenvalue weighted by Crippen LogP contribution is -2.36. The van der Waals surface area contributed by atoms with Crippen LogP contribution in [0.25, 0.3) is 0 Å². The third-order valence-corrected chi connectivity index (χ3v) is 3.65. The molecule has 4 heteroatoms. The van der Waals surface area contributed by atoms with Crippen molar-refractivity contribution in [2.45, 2.75) is 45.8 Å². The van der Waals surface area contributed by atoms with Gasteiger partial charge in [-0.1, -0.05) is 12.1 Å². The highest BCUT2D eigenvalue weighted by atomic mass is 16.5. The van der Waals surface area contributed by atoms with Crippen LogP contribution < -0.4 is 15.4 Å². The van der Waals surface area contributed by atoms with Crippen molar-refractivity contribution >= 4 is 5.91 Å². The van der Waals surface area contributed by atoms with Gasteiger partial charge in [0.1, 0.15) is 5.75 Å². The van der Waals surface area contributed by atoms with Crippen molar-refractivity contribution in [2.75, 3.05) is 13.6 Å². The number of hydrogen-bond acceptors (Lipinski definition) is 3. The zero-order valence-corrected chi connectivity index (χ0v) is 12.6. The van der Waals surface area contributed by atoms with Gasteiger partial charge in [0.05, 0.1) is 0 Å². The van der Waals surface area contributed by atoms with E-state index in [1.54, 1.807) is 0 Å². The number of aryl methyl sites for hydroxylation is 2. The predicted octanol–water partition coefficient (Wildman–Crippen LogP) is 2.07. The fourth-order valence-electron chi connectivity index (χ4n) is 2.70. The molecule has 1 aromatic rings. The summed E-state index contributed by atoms with van der Waals surface area (Å²) >= 11 is 0. The van der Waals surface area contributed by atoms with Crippen LogP contribution in [-0.4, -0.2) is 25.6 Å². The van der Waals surface area contributed by atoms with Crippen molar-refractivity contribution in [3.8, 4) is 5.75 Å². The topological polar surface area (TPSA) is 50.4 Å². The van der Waals surface area contributed by atoms with Crippen molar-refractivity contribution in [1.29, 1.82) is 0 Å². The first kappa shape index (κ1) is 14.9. The Hall–Kier alpha value is -1.55. The Morgan fingerprint density at radius 1 is 1.30 bits per heavy atom. The van der Waals surface area contributed by atoms with E-state index in [-0.39, 0.29) is 12.0 Å². The summed E-state index contributed by atoms with van der Waals surface area (Å²) in [6.07, 6.45) is 2.50. The van der Waals surface area contributed by atoms with Gasteiger partial charge in [0.2, 0.25) is 0 Å². The normalized spacial score (nSPS) is 19.4. The minimum Gasteiger partial charge on any atom is -0.480 e. The summed E-state index contributed by atoms with van der Waals surface area (Å²) in [6, 6.07) is 4.24. The molecule has 20 heavy (non-hydrogen) atoms. The van der Waals surface area contributed by atoms with Crippen molar-refractivity contribution in [3.05, 3.63) is 28.8 Å². The van der Waals surface area contributed by atoms with Gasteiger partial charge in [-0.05, 0) is 56.8 Å². The second-order valence-electron chi connectivity index (χ2n) is 5.48. The Morgan fingerprint density at radius 3 is 2.65 bits per heavy atom. The second kappa shape index (κ2) is 6.75. The molecule has 1 amide bonds. The first-order valence-electron chi connectivity index (χ1n) is 7.31. The maximum Gasteiger partial charge on any atom is 0.261 e. The van der Waals surface area contributed by atoms with Crippen molar-refractivity contribution < 1.29 is 9.53 Å². The lowest BCUT2D eigenvalue weighted by molar-refractivity contribution is -0.127. The average Bonchev–Trinajstić information content (AvgIpc) is 2.59. The van der Waals surface area contributed by atoms with Crippen LogP contribution in [0, 0.1) is 13.8 Å². The lowest BCUT2D eigenvalue weighted by atomic mass is 10.1. The molecule has 1 aliphatic rings. The number of nitrogens with one attached hydrogen (secondary N) is 2. The van der Waals surface area contributed by atoms with E-state index < -0.39 is 0 Å². The van der Waals surface area contributed by atoms with Crippen LogP contribution >= 0.6 is 0 Å². The van der Waals surface area contributed by atoms with E-state index in [0.29, 0.717) is 0 Å². The van der Waals surface area contributed by atoms with Gasteiger partial charge in [0.25, 0.3) is 5.91 Å². The predicted molar refractivity (Wildman–Crippen MR) is 80.0 cm³/mol. The van der Waals surface area contributed by atoms with Gasteiger partial charge in [-0.25, -0.2) is 0 Å². The Balaban J connectivity index is 2.17. The monoisotopic (exact) mass is 276 g/mol. The molecule has 0 aliphatic carbocycles. The summed E-state index contributed by atoms with van der Waals surface area (Å²) in [5, 5.41) is 6.06. The molecule has 0 aromatic heterocycles. The zero-order chi connectivity index (χ0) is 14.5. The fourth-order valence-corrected chi connectivity index (χ4v) is 2.70. The molecule has 110 valence electrons. The molecule has 1 unspecified atom stereocenters. The quantitative estimate of drug-likeness (QED) is 0.885. The van der Waals surface area contributed by atoms with E-state index in [1.165, 1.54) is 5.56 Å². The number of hydrogen-bond donors (Lipinski definition) is 2. The molecule has 0 spiro atoms. The highest BCUT2D eigenvalue weighted by Gasteiger charge is 2.23. The molecular weight excluding hydrogens is 252 g/mol. The fraction of sp³-hybridized carbons (Fsp3) is 0.562. The lowest BCUT2D eigenvalue weighted by Gasteiger charge is -2.20. The third kappa shape index (κ3) is 3.51. The minimum atomic E-state index is -0.356. The highest BCUT2D eigenvalue weighted by Crippen LogP contribution is 2.27. The van der Waals surface area contributed by atoms with Crippen LogP contribution in [0.4, 0.5) is 0 Å². The Morgan fingerprint density at radius 2 is 2.00 bits per heavy atom. The summed E-state index contributed by atoms with van der Waals surface area (Å²) in [7, 11) is 1.94. The first-order valence-corrected chi connectivity index (χ1v) is 7.31. The van der Waals surface area contributed by atoms with E-state index in [9.17, 15) is 4.79 Å². The molecule has 1 aromatic carbocycles. The molecule has 2 rings (SSSR count). The van der Waals surface area contributed by atoms with E-state index in [0.717, 1.165) is 49.2 Å². The number of rotatable bonds is 4. The number of benzene rings is 1. The van der Waals surface area contributed by atoms with Crippen LogP contribution in [0.1, 0.15) is 36.0 Å². The molecule has 2 N–H and O–H groups in total. The highest BCUT2D eigenvalue weighted by molar-refractivity contribution is 5.81. The van der Waals surface area contributed by atoms with Gasteiger partial charge in [0.15, 0.2) is 6.10 Å². The molecule has 1 aliphatic heterocycles. The standard InChI is InChI=1S/C16H24N2O2/c1-11-8-13(10-17-3)9-12(2)15(11)20-14-6-4-5-7-18-16(14)19/h8-9,14,17H,4-7,10H2,1-3H3,(H,18,19).